The number of benzene rings is 1. The summed E-state index contributed by atoms with van der Waals surface area (Å²) in [5.41, 5.74) is 0.737. The van der Waals surface area contributed by atoms with E-state index in [0.717, 1.165) is 29.0 Å². The van der Waals surface area contributed by atoms with E-state index in [4.69, 9.17) is 0 Å². The monoisotopic (exact) mass is 320 g/mol. The second-order valence-electron chi connectivity index (χ2n) is 4.58. The SMILES string of the molecule is O=C(CN1CCn2cnnc2C1)c1cccc(Br)c1. The van der Waals surface area contributed by atoms with Crippen molar-refractivity contribution in [3.63, 3.8) is 0 Å². The first kappa shape index (κ1) is 12.5. The van der Waals surface area contributed by atoms with Gasteiger partial charge in [0.05, 0.1) is 13.1 Å². The Bertz CT molecular complexity index is 610. The Balaban J connectivity index is 1.68. The molecule has 98 valence electrons. The highest BCUT2D eigenvalue weighted by Gasteiger charge is 2.20. The molecule has 1 aromatic heterocycles. The van der Waals surface area contributed by atoms with Gasteiger partial charge in [0.1, 0.15) is 12.2 Å². The van der Waals surface area contributed by atoms with E-state index >= 15 is 0 Å². The molecule has 0 N–H and O–H groups in total. The molecule has 0 aliphatic carbocycles. The fourth-order valence-electron chi connectivity index (χ4n) is 2.21. The van der Waals surface area contributed by atoms with E-state index in [2.05, 4.69) is 31.0 Å². The van der Waals surface area contributed by atoms with Gasteiger partial charge in [0.15, 0.2) is 5.78 Å². The lowest BCUT2D eigenvalue weighted by Gasteiger charge is -2.26. The van der Waals surface area contributed by atoms with Gasteiger partial charge in [0.2, 0.25) is 0 Å². The molecule has 2 heterocycles. The molecule has 3 rings (SSSR count). The summed E-state index contributed by atoms with van der Waals surface area (Å²) < 4.78 is 2.96. The molecule has 0 spiro atoms. The minimum Gasteiger partial charge on any atom is -0.315 e. The van der Waals surface area contributed by atoms with Crippen LogP contribution in [0.25, 0.3) is 0 Å². The number of halogens is 1. The maximum absolute atomic E-state index is 12.2. The van der Waals surface area contributed by atoms with Crippen LogP contribution < -0.4 is 0 Å². The van der Waals surface area contributed by atoms with Crippen molar-refractivity contribution in [3.8, 4) is 0 Å². The molecule has 1 aromatic carbocycles. The zero-order valence-electron chi connectivity index (χ0n) is 10.3. The summed E-state index contributed by atoms with van der Waals surface area (Å²) in [5, 5.41) is 7.94. The largest absolute Gasteiger partial charge is 0.315 e. The molecule has 1 aliphatic heterocycles. The van der Waals surface area contributed by atoms with E-state index < -0.39 is 0 Å². The van der Waals surface area contributed by atoms with Crippen molar-refractivity contribution in [1.29, 1.82) is 0 Å². The first-order chi connectivity index (χ1) is 9.22. The van der Waals surface area contributed by atoms with Crippen LogP contribution in [0.3, 0.4) is 0 Å². The fraction of sp³-hybridized carbons (Fsp3) is 0.308. The normalized spacial score (nSPS) is 15.2. The summed E-state index contributed by atoms with van der Waals surface area (Å²) in [4.78, 5) is 14.3. The van der Waals surface area contributed by atoms with Crippen molar-refractivity contribution in [2.45, 2.75) is 13.1 Å². The standard InChI is InChI=1S/C13H13BrN4O/c14-11-3-1-2-10(6-11)12(19)7-17-4-5-18-9-15-16-13(18)8-17/h1-3,6,9H,4-5,7-8H2. The first-order valence-corrected chi connectivity index (χ1v) is 6.89. The van der Waals surface area contributed by atoms with E-state index in [1.54, 1.807) is 6.33 Å². The molecule has 19 heavy (non-hydrogen) atoms. The first-order valence-electron chi connectivity index (χ1n) is 6.10. The highest BCUT2D eigenvalue weighted by Crippen LogP contribution is 2.14. The smallest absolute Gasteiger partial charge is 0.176 e. The Kier molecular flexibility index (Phi) is 3.44. The second-order valence-corrected chi connectivity index (χ2v) is 5.50. The lowest BCUT2D eigenvalue weighted by atomic mass is 10.1. The van der Waals surface area contributed by atoms with Gasteiger partial charge in [0, 0.05) is 23.1 Å². The third-order valence-electron chi connectivity index (χ3n) is 3.23. The van der Waals surface area contributed by atoms with Crippen molar-refractivity contribution in [1.82, 2.24) is 19.7 Å². The Hall–Kier alpha value is -1.53. The van der Waals surface area contributed by atoms with Crippen LogP contribution in [-0.2, 0) is 13.1 Å². The van der Waals surface area contributed by atoms with Crippen LogP contribution in [0.1, 0.15) is 16.2 Å². The number of hydrogen-bond acceptors (Lipinski definition) is 4. The van der Waals surface area contributed by atoms with Crippen LogP contribution in [0.15, 0.2) is 35.1 Å². The van der Waals surface area contributed by atoms with Gasteiger partial charge < -0.3 is 4.57 Å². The number of rotatable bonds is 3. The van der Waals surface area contributed by atoms with Gasteiger partial charge in [-0.3, -0.25) is 9.69 Å². The molecule has 0 bridgehead atoms. The summed E-state index contributed by atoms with van der Waals surface area (Å²) in [6.07, 6.45) is 1.74. The van der Waals surface area contributed by atoms with E-state index in [1.807, 2.05) is 28.8 Å². The summed E-state index contributed by atoms with van der Waals surface area (Å²) in [6, 6.07) is 7.50. The van der Waals surface area contributed by atoms with E-state index in [9.17, 15) is 4.79 Å². The summed E-state index contributed by atoms with van der Waals surface area (Å²) in [7, 11) is 0. The Morgan fingerprint density at radius 2 is 2.26 bits per heavy atom. The van der Waals surface area contributed by atoms with Crippen LogP contribution >= 0.6 is 15.9 Å². The van der Waals surface area contributed by atoms with Crippen LogP contribution in [0.4, 0.5) is 0 Å². The second kappa shape index (κ2) is 5.22. The van der Waals surface area contributed by atoms with Gasteiger partial charge in [-0.15, -0.1) is 10.2 Å². The number of carbonyl (C=O) groups excluding carboxylic acids is 1. The average molecular weight is 321 g/mol. The molecule has 0 saturated heterocycles. The van der Waals surface area contributed by atoms with E-state index in [1.165, 1.54) is 0 Å². The van der Waals surface area contributed by atoms with Crippen molar-refractivity contribution in [2.24, 2.45) is 0 Å². The third kappa shape index (κ3) is 2.74. The summed E-state index contributed by atoms with van der Waals surface area (Å²) >= 11 is 3.38. The number of nitrogens with zero attached hydrogens (tertiary/aromatic N) is 4. The topological polar surface area (TPSA) is 51.0 Å². The Morgan fingerprint density at radius 3 is 3.11 bits per heavy atom. The zero-order valence-corrected chi connectivity index (χ0v) is 11.9. The maximum Gasteiger partial charge on any atom is 0.176 e. The van der Waals surface area contributed by atoms with Crippen LogP contribution in [0.2, 0.25) is 0 Å². The van der Waals surface area contributed by atoms with Crippen molar-refractivity contribution in [3.05, 3.63) is 46.5 Å². The molecule has 0 unspecified atom stereocenters. The van der Waals surface area contributed by atoms with Gasteiger partial charge in [-0.2, -0.15) is 0 Å². The van der Waals surface area contributed by atoms with Crippen molar-refractivity contribution in [2.75, 3.05) is 13.1 Å². The average Bonchev–Trinajstić information content (AvgIpc) is 2.86. The molecule has 6 heteroatoms. The molecule has 2 aromatic rings. The van der Waals surface area contributed by atoms with Crippen molar-refractivity contribution < 1.29 is 4.79 Å². The molecule has 5 nitrogen and oxygen atoms in total. The van der Waals surface area contributed by atoms with Gasteiger partial charge in [-0.05, 0) is 12.1 Å². The van der Waals surface area contributed by atoms with Crippen molar-refractivity contribution >= 4 is 21.7 Å². The summed E-state index contributed by atoms with van der Waals surface area (Å²) in [5.74, 6) is 1.06. The molecule has 1 aliphatic rings. The molecule has 0 atom stereocenters. The van der Waals surface area contributed by atoms with Gasteiger partial charge in [-0.1, -0.05) is 28.1 Å². The number of hydrogen-bond donors (Lipinski definition) is 0. The van der Waals surface area contributed by atoms with Crippen LogP contribution in [-0.4, -0.2) is 38.5 Å². The van der Waals surface area contributed by atoms with E-state index in [0.29, 0.717) is 13.1 Å². The highest BCUT2D eigenvalue weighted by molar-refractivity contribution is 9.10. The van der Waals surface area contributed by atoms with E-state index in [-0.39, 0.29) is 5.78 Å². The lowest BCUT2D eigenvalue weighted by Crippen LogP contribution is -2.37. The fourth-order valence-corrected chi connectivity index (χ4v) is 2.61. The minimum atomic E-state index is 0.134. The zero-order chi connectivity index (χ0) is 13.2. The number of Topliss-reactive ketones (excluding diaryl/α,β-unsaturated/α-hetero) is 1. The molecular formula is C13H13BrN4O. The predicted molar refractivity (Wildman–Crippen MR) is 73.8 cm³/mol. The number of aromatic nitrogens is 3. The van der Waals surface area contributed by atoms with Gasteiger partial charge >= 0.3 is 0 Å². The third-order valence-corrected chi connectivity index (χ3v) is 3.72. The predicted octanol–water partition coefficient (Wildman–Crippen LogP) is 1.74. The molecular weight excluding hydrogens is 308 g/mol. The molecule has 0 fully saturated rings. The molecule has 0 radical (unpaired) electrons. The Labute approximate surface area is 119 Å². The van der Waals surface area contributed by atoms with Crippen LogP contribution in [0, 0.1) is 0 Å². The van der Waals surface area contributed by atoms with Gasteiger partial charge in [0.25, 0.3) is 0 Å². The maximum atomic E-state index is 12.2. The highest BCUT2D eigenvalue weighted by atomic mass is 79.9. The molecule has 0 amide bonds. The lowest BCUT2D eigenvalue weighted by molar-refractivity contribution is 0.0908. The quantitative estimate of drug-likeness (QED) is 0.808. The van der Waals surface area contributed by atoms with Gasteiger partial charge in [-0.25, -0.2) is 0 Å². The summed E-state index contributed by atoms with van der Waals surface area (Å²) in [6.45, 7) is 2.79. The Morgan fingerprint density at radius 1 is 1.37 bits per heavy atom. The number of carbonyl (C=O) groups is 1. The minimum absolute atomic E-state index is 0.134. The number of ketones is 1. The van der Waals surface area contributed by atoms with Crippen LogP contribution in [0.5, 0.6) is 0 Å². The number of fused-ring (bicyclic) bond motifs is 1. The molecule has 0 saturated carbocycles.